The van der Waals surface area contributed by atoms with Gasteiger partial charge in [-0.3, -0.25) is 10.1 Å². The van der Waals surface area contributed by atoms with Crippen LogP contribution in [0.2, 0.25) is 10.2 Å². The number of nitro groups is 1. The molecule has 1 aromatic heterocycles. The van der Waals surface area contributed by atoms with Gasteiger partial charge in [0.2, 0.25) is 5.15 Å². The maximum absolute atomic E-state index is 11.3. The zero-order valence-electron chi connectivity index (χ0n) is 11.2. The molecule has 0 aliphatic carbocycles. The van der Waals surface area contributed by atoms with Gasteiger partial charge in [0.25, 0.3) is 0 Å². The van der Waals surface area contributed by atoms with Crippen molar-refractivity contribution >= 4 is 28.9 Å². The van der Waals surface area contributed by atoms with Crippen LogP contribution < -0.4 is 0 Å². The molecule has 1 heterocycles. The molecule has 7 heteroatoms. The van der Waals surface area contributed by atoms with Gasteiger partial charge >= 0.3 is 5.69 Å². The monoisotopic (exact) mass is 313 g/mol. The molecule has 0 spiro atoms. The van der Waals surface area contributed by atoms with Gasteiger partial charge in [0, 0.05) is 5.41 Å². The summed E-state index contributed by atoms with van der Waals surface area (Å²) >= 11 is 12.2. The summed E-state index contributed by atoms with van der Waals surface area (Å²) in [7, 11) is 0. The molecule has 0 N–H and O–H groups in total. The number of hydrogen-bond acceptors (Lipinski definition) is 3. The van der Waals surface area contributed by atoms with E-state index in [9.17, 15) is 10.1 Å². The second-order valence-electron chi connectivity index (χ2n) is 5.36. The Balaban J connectivity index is 2.75. The van der Waals surface area contributed by atoms with Crippen LogP contribution in [-0.2, 0) is 5.41 Å². The number of nitrogens with zero attached hydrogens (tertiary/aromatic N) is 3. The molecule has 20 heavy (non-hydrogen) atoms. The normalized spacial score (nSPS) is 11.7. The van der Waals surface area contributed by atoms with E-state index in [4.69, 9.17) is 23.2 Å². The molecule has 0 amide bonds. The lowest BCUT2D eigenvalue weighted by Crippen LogP contribution is -2.14. The van der Waals surface area contributed by atoms with Gasteiger partial charge in [0.15, 0.2) is 0 Å². The molecule has 0 saturated heterocycles. The molecule has 0 radical (unpaired) electrons. The Bertz CT molecular complexity index is 675. The molecule has 0 saturated carbocycles. The van der Waals surface area contributed by atoms with Gasteiger partial charge in [-0.1, -0.05) is 56.1 Å². The summed E-state index contributed by atoms with van der Waals surface area (Å²) in [4.78, 5) is 10.7. The standard InChI is InChI=1S/C13H13Cl2N3O2/c1-13(2,3)11-10(18(19)20)12(15)17(16-11)9-7-5-4-6-8(9)14/h4-7H,1-3H3. The highest BCUT2D eigenvalue weighted by atomic mass is 35.5. The van der Waals surface area contributed by atoms with Crippen LogP contribution in [0, 0.1) is 10.1 Å². The minimum Gasteiger partial charge on any atom is -0.258 e. The Morgan fingerprint density at radius 2 is 1.85 bits per heavy atom. The van der Waals surface area contributed by atoms with E-state index < -0.39 is 10.3 Å². The zero-order valence-corrected chi connectivity index (χ0v) is 12.7. The van der Waals surface area contributed by atoms with Crippen LogP contribution >= 0.6 is 23.2 Å². The molecule has 106 valence electrons. The van der Waals surface area contributed by atoms with Crippen molar-refractivity contribution in [3.05, 3.63) is 50.2 Å². The number of benzene rings is 1. The van der Waals surface area contributed by atoms with Crippen LogP contribution in [0.4, 0.5) is 5.69 Å². The Labute approximate surface area is 126 Å². The van der Waals surface area contributed by atoms with Crippen molar-refractivity contribution in [2.24, 2.45) is 0 Å². The van der Waals surface area contributed by atoms with E-state index >= 15 is 0 Å². The van der Waals surface area contributed by atoms with E-state index in [1.807, 2.05) is 20.8 Å². The Hall–Kier alpha value is -1.59. The SMILES string of the molecule is CC(C)(C)c1nn(-c2ccccc2Cl)c(Cl)c1[N+](=O)[O-]. The lowest BCUT2D eigenvalue weighted by molar-refractivity contribution is -0.385. The summed E-state index contributed by atoms with van der Waals surface area (Å²) in [6.07, 6.45) is 0. The quantitative estimate of drug-likeness (QED) is 0.610. The molecule has 1 aromatic carbocycles. The van der Waals surface area contributed by atoms with Crippen molar-refractivity contribution in [3.63, 3.8) is 0 Å². The Morgan fingerprint density at radius 3 is 2.30 bits per heavy atom. The van der Waals surface area contributed by atoms with Crippen molar-refractivity contribution in [1.29, 1.82) is 0 Å². The molecule has 0 aliphatic rings. The van der Waals surface area contributed by atoms with E-state index in [2.05, 4.69) is 5.10 Å². The van der Waals surface area contributed by atoms with Crippen LogP contribution in [0.3, 0.4) is 0 Å². The van der Waals surface area contributed by atoms with Crippen LogP contribution in [0.5, 0.6) is 0 Å². The van der Waals surface area contributed by atoms with E-state index in [-0.39, 0.29) is 10.8 Å². The predicted molar refractivity (Wildman–Crippen MR) is 78.9 cm³/mol. The molecular weight excluding hydrogens is 301 g/mol. The summed E-state index contributed by atoms with van der Waals surface area (Å²) < 4.78 is 1.31. The molecule has 0 atom stereocenters. The first kappa shape index (κ1) is 14.8. The van der Waals surface area contributed by atoms with Gasteiger partial charge in [-0.05, 0) is 12.1 Å². The second kappa shape index (κ2) is 5.07. The fraction of sp³-hybridized carbons (Fsp3) is 0.308. The van der Waals surface area contributed by atoms with Crippen LogP contribution in [0.25, 0.3) is 5.69 Å². The van der Waals surface area contributed by atoms with E-state index in [1.165, 1.54) is 4.68 Å². The zero-order chi connectivity index (χ0) is 15.1. The molecule has 0 bridgehead atoms. The van der Waals surface area contributed by atoms with Gasteiger partial charge in [0.05, 0.1) is 15.6 Å². The molecule has 2 aromatic rings. The number of aromatic nitrogens is 2. The third-order valence-electron chi connectivity index (χ3n) is 2.78. The average molecular weight is 314 g/mol. The van der Waals surface area contributed by atoms with Gasteiger partial charge in [-0.15, -0.1) is 0 Å². The maximum atomic E-state index is 11.3. The van der Waals surface area contributed by atoms with E-state index in [0.717, 1.165) is 0 Å². The van der Waals surface area contributed by atoms with Gasteiger partial charge in [0.1, 0.15) is 5.69 Å². The average Bonchev–Trinajstić information content (AvgIpc) is 2.67. The number of rotatable bonds is 2. The van der Waals surface area contributed by atoms with Crippen LogP contribution in [-0.4, -0.2) is 14.7 Å². The summed E-state index contributed by atoms with van der Waals surface area (Å²) in [5, 5.41) is 15.9. The van der Waals surface area contributed by atoms with Crippen LogP contribution in [0.1, 0.15) is 26.5 Å². The largest absolute Gasteiger partial charge is 0.330 e. The fourth-order valence-electron chi connectivity index (χ4n) is 1.84. The summed E-state index contributed by atoms with van der Waals surface area (Å²) in [6.45, 7) is 5.53. The lowest BCUT2D eigenvalue weighted by Gasteiger charge is -2.13. The van der Waals surface area contributed by atoms with Crippen molar-refractivity contribution in [3.8, 4) is 5.69 Å². The number of para-hydroxylation sites is 1. The predicted octanol–water partition coefficient (Wildman–Crippen LogP) is 4.38. The van der Waals surface area contributed by atoms with Gasteiger partial charge in [-0.2, -0.15) is 5.10 Å². The first-order valence-electron chi connectivity index (χ1n) is 5.91. The van der Waals surface area contributed by atoms with E-state index in [1.54, 1.807) is 24.3 Å². The maximum Gasteiger partial charge on any atom is 0.330 e. The smallest absolute Gasteiger partial charge is 0.258 e. The lowest BCUT2D eigenvalue weighted by atomic mass is 9.91. The van der Waals surface area contributed by atoms with Crippen molar-refractivity contribution in [2.75, 3.05) is 0 Å². The number of halogens is 2. The Morgan fingerprint density at radius 1 is 1.25 bits per heavy atom. The second-order valence-corrected chi connectivity index (χ2v) is 6.12. The van der Waals surface area contributed by atoms with Crippen molar-refractivity contribution < 1.29 is 4.92 Å². The summed E-state index contributed by atoms with van der Waals surface area (Å²) in [5.74, 6) is 0. The first-order chi connectivity index (χ1) is 9.23. The highest BCUT2D eigenvalue weighted by molar-refractivity contribution is 6.34. The third kappa shape index (κ3) is 2.51. The van der Waals surface area contributed by atoms with Gasteiger partial charge in [-0.25, -0.2) is 4.68 Å². The summed E-state index contributed by atoms with van der Waals surface area (Å²) in [6, 6.07) is 6.92. The highest BCUT2D eigenvalue weighted by Gasteiger charge is 2.34. The van der Waals surface area contributed by atoms with Crippen molar-refractivity contribution in [2.45, 2.75) is 26.2 Å². The highest BCUT2D eigenvalue weighted by Crippen LogP contribution is 2.38. The minimum atomic E-state index is -0.511. The fourth-order valence-corrected chi connectivity index (χ4v) is 2.34. The van der Waals surface area contributed by atoms with Gasteiger partial charge < -0.3 is 0 Å². The molecule has 0 unspecified atom stereocenters. The van der Waals surface area contributed by atoms with Crippen LogP contribution in [0.15, 0.2) is 24.3 Å². The van der Waals surface area contributed by atoms with E-state index in [0.29, 0.717) is 16.4 Å². The molecule has 0 fully saturated rings. The number of hydrogen-bond donors (Lipinski definition) is 0. The molecular formula is C13H13Cl2N3O2. The topological polar surface area (TPSA) is 61.0 Å². The first-order valence-corrected chi connectivity index (χ1v) is 6.67. The third-order valence-corrected chi connectivity index (χ3v) is 3.44. The molecule has 5 nitrogen and oxygen atoms in total. The molecule has 2 rings (SSSR count). The minimum absolute atomic E-state index is 0.0481. The Kier molecular flexibility index (Phi) is 3.75. The molecule has 0 aliphatic heterocycles. The summed E-state index contributed by atoms with van der Waals surface area (Å²) in [5.41, 5.74) is 0.155. The van der Waals surface area contributed by atoms with Crippen molar-refractivity contribution in [1.82, 2.24) is 9.78 Å².